The number of nitrogens with one attached hydrogen (secondary N) is 2. The van der Waals surface area contributed by atoms with E-state index in [-0.39, 0.29) is 23.9 Å². The average molecular weight is 373 g/mol. The molecule has 0 saturated carbocycles. The van der Waals surface area contributed by atoms with E-state index >= 15 is 0 Å². The summed E-state index contributed by atoms with van der Waals surface area (Å²) >= 11 is 6.32. The maximum Gasteiger partial charge on any atom is 0.255 e. The molecule has 0 spiro atoms. The van der Waals surface area contributed by atoms with Gasteiger partial charge in [-0.05, 0) is 36.4 Å². The lowest BCUT2D eigenvalue weighted by atomic mass is 10.1. The summed E-state index contributed by atoms with van der Waals surface area (Å²) in [5.41, 5.74) is 7.04. The molecule has 2 aromatic rings. The van der Waals surface area contributed by atoms with Crippen LogP contribution in [-0.4, -0.2) is 37.4 Å². The summed E-state index contributed by atoms with van der Waals surface area (Å²) in [5, 5.41) is 5.92. The number of rotatable bonds is 4. The van der Waals surface area contributed by atoms with Crippen molar-refractivity contribution in [3.05, 3.63) is 58.6 Å². The lowest BCUT2D eigenvalue weighted by molar-refractivity contribution is -0.120. The second kappa shape index (κ2) is 7.45. The first-order chi connectivity index (χ1) is 12.4. The minimum absolute atomic E-state index is 0.0565. The first-order valence-corrected chi connectivity index (χ1v) is 8.34. The predicted molar refractivity (Wildman–Crippen MR) is 99.6 cm³/mol. The quantitative estimate of drug-likeness (QED) is 0.758. The normalized spacial score (nSPS) is 13.9. The van der Waals surface area contributed by atoms with Gasteiger partial charge in [0, 0.05) is 29.9 Å². The minimum atomic E-state index is -0.599. The van der Waals surface area contributed by atoms with Gasteiger partial charge in [0.15, 0.2) is 0 Å². The standard InChI is InChI=1S/C18H17ClN4O3/c19-14-9-13(4-5-15(14)23-7-6-21-16(24)10-23)22-18(26)12-3-1-2-11(8-12)17(20)25/h1-5,8-9H,6-7,10H2,(H2,20,25)(H,21,24)(H,22,26). The number of hydrogen-bond acceptors (Lipinski definition) is 4. The topological polar surface area (TPSA) is 105 Å². The van der Waals surface area contributed by atoms with Crippen LogP contribution in [0.25, 0.3) is 0 Å². The van der Waals surface area contributed by atoms with E-state index in [1.54, 1.807) is 36.4 Å². The van der Waals surface area contributed by atoms with Crippen molar-refractivity contribution in [2.24, 2.45) is 5.73 Å². The van der Waals surface area contributed by atoms with Crippen molar-refractivity contribution in [2.45, 2.75) is 0 Å². The Hall–Kier alpha value is -3.06. The zero-order chi connectivity index (χ0) is 18.7. The SMILES string of the molecule is NC(=O)c1cccc(C(=O)Nc2ccc(N3CCNC(=O)C3)c(Cl)c2)c1. The summed E-state index contributed by atoms with van der Waals surface area (Å²) in [4.78, 5) is 37.0. The summed E-state index contributed by atoms with van der Waals surface area (Å²) in [5.74, 6) is -1.04. The van der Waals surface area contributed by atoms with Gasteiger partial charge in [0.25, 0.3) is 5.91 Å². The number of carbonyl (C=O) groups is 3. The molecule has 3 amide bonds. The number of primary amides is 1. The maximum absolute atomic E-state index is 12.4. The molecule has 1 heterocycles. The Kier molecular flexibility index (Phi) is 5.09. The number of carbonyl (C=O) groups excluding carboxylic acids is 3. The van der Waals surface area contributed by atoms with Crippen LogP contribution in [0, 0.1) is 0 Å². The summed E-state index contributed by atoms with van der Waals surface area (Å²) in [7, 11) is 0. The first-order valence-electron chi connectivity index (χ1n) is 7.96. The van der Waals surface area contributed by atoms with Crippen LogP contribution in [0.2, 0.25) is 5.02 Å². The summed E-state index contributed by atoms with van der Waals surface area (Å²) in [6, 6.07) is 11.2. The van der Waals surface area contributed by atoms with E-state index in [9.17, 15) is 14.4 Å². The second-order valence-electron chi connectivity index (χ2n) is 5.84. The van der Waals surface area contributed by atoms with Crippen molar-refractivity contribution in [3.63, 3.8) is 0 Å². The van der Waals surface area contributed by atoms with Gasteiger partial charge in [0.1, 0.15) is 0 Å². The van der Waals surface area contributed by atoms with E-state index in [2.05, 4.69) is 10.6 Å². The zero-order valence-electron chi connectivity index (χ0n) is 13.8. The van der Waals surface area contributed by atoms with Gasteiger partial charge in [-0.1, -0.05) is 17.7 Å². The van der Waals surface area contributed by atoms with Gasteiger partial charge in [-0.15, -0.1) is 0 Å². The fourth-order valence-corrected chi connectivity index (χ4v) is 3.00. The van der Waals surface area contributed by atoms with Crippen molar-refractivity contribution in [2.75, 3.05) is 29.9 Å². The van der Waals surface area contributed by atoms with E-state index in [4.69, 9.17) is 17.3 Å². The number of halogens is 1. The number of amides is 3. The Morgan fingerprint density at radius 3 is 2.62 bits per heavy atom. The number of piperazine rings is 1. The van der Waals surface area contributed by atoms with Crippen LogP contribution < -0.4 is 21.3 Å². The van der Waals surface area contributed by atoms with Gasteiger partial charge < -0.3 is 21.3 Å². The molecule has 4 N–H and O–H groups in total. The molecular weight excluding hydrogens is 356 g/mol. The van der Waals surface area contributed by atoms with Crippen LogP contribution in [0.1, 0.15) is 20.7 Å². The number of nitrogens with two attached hydrogens (primary N) is 1. The summed E-state index contributed by atoms with van der Waals surface area (Å²) < 4.78 is 0. The Balaban J connectivity index is 1.75. The third kappa shape index (κ3) is 3.94. The smallest absolute Gasteiger partial charge is 0.255 e. The van der Waals surface area contributed by atoms with Crippen LogP contribution in [0.3, 0.4) is 0 Å². The lowest BCUT2D eigenvalue weighted by Crippen LogP contribution is -2.47. The average Bonchev–Trinajstić information content (AvgIpc) is 2.62. The van der Waals surface area contributed by atoms with E-state index in [1.165, 1.54) is 6.07 Å². The Bertz CT molecular complexity index is 884. The Morgan fingerprint density at radius 2 is 1.92 bits per heavy atom. The van der Waals surface area contributed by atoms with Gasteiger partial charge in [0.2, 0.25) is 11.8 Å². The highest BCUT2D eigenvalue weighted by atomic mass is 35.5. The Morgan fingerprint density at radius 1 is 1.15 bits per heavy atom. The molecular formula is C18H17ClN4O3. The number of hydrogen-bond donors (Lipinski definition) is 3. The van der Waals surface area contributed by atoms with Gasteiger partial charge in [0.05, 0.1) is 17.3 Å². The molecule has 7 nitrogen and oxygen atoms in total. The van der Waals surface area contributed by atoms with Gasteiger partial charge >= 0.3 is 0 Å². The molecule has 1 aliphatic rings. The molecule has 0 radical (unpaired) electrons. The second-order valence-corrected chi connectivity index (χ2v) is 6.24. The fourth-order valence-electron chi connectivity index (χ4n) is 2.70. The molecule has 8 heteroatoms. The fraction of sp³-hybridized carbons (Fsp3) is 0.167. The minimum Gasteiger partial charge on any atom is -0.366 e. The third-order valence-electron chi connectivity index (χ3n) is 3.99. The van der Waals surface area contributed by atoms with E-state index in [0.29, 0.717) is 29.4 Å². The molecule has 0 unspecified atom stereocenters. The predicted octanol–water partition coefficient (Wildman–Crippen LogP) is 1.63. The number of nitrogens with zero attached hydrogens (tertiary/aromatic N) is 1. The molecule has 26 heavy (non-hydrogen) atoms. The molecule has 0 atom stereocenters. The van der Waals surface area contributed by atoms with Gasteiger partial charge in [-0.3, -0.25) is 14.4 Å². The largest absolute Gasteiger partial charge is 0.366 e. The van der Waals surface area contributed by atoms with Crippen LogP contribution in [-0.2, 0) is 4.79 Å². The Labute approximate surface area is 155 Å². The first kappa shape index (κ1) is 17.8. The third-order valence-corrected chi connectivity index (χ3v) is 4.30. The number of benzene rings is 2. The van der Waals surface area contributed by atoms with E-state index < -0.39 is 5.91 Å². The van der Waals surface area contributed by atoms with Crippen LogP contribution >= 0.6 is 11.6 Å². The maximum atomic E-state index is 12.4. The molecule has 0 bridgehead atoms. The highest BCUT2D eigenvalue weighted by molar-refractivity contribution is 6.33. The van der Waals surface area contributed by atoms with E-state index in [1.807, 2.05) is 4.90 Å². The highest BCUT2D eigenvalue weighted by Crippen LogP contribution is 2.29. The number of anilines is 2. The van der Waals surface area contributed by atoms with Crippen LogP contribution in [0.5, 0.6) is 0 Å². The van der Waals surface area contributed by atoms with Crippen molar-refractivity contribution < 1.29 is 14.4 Å². The van der Waals surface area contributed by atoms with Crippen molar-refractivity contribution in [3.8, 4) is 0 Å². The zero-order valence-corrected chi connectivity index (χ0v) is 14.5. The van der Waals surface area contributed by atoms with Crippen LogP contribution in [0.15, 0.2) is 42.5 Å². The van der Waals surface area contributed by atoms with Crippen LogP contribution in [0.4, 0.5) is 11.4 Å². The molecule has 0 aromatic heterocycles. The van der Waals surface area contributed by atoms with Gasteiger partial charge in [-0.25, -0.2) is 0 Å². The molecule has 3 rings (SSSR count). The molecule has 1 fully saturated rings. The summed E-state index contributed by atoms with van der Waals surface area (Å²) in [6.07, 6.45) is 0. The molecule has 2 aromatic carbocycles. The van der Waals surface area contributed by atoms with Crippen molar-refractivity contribution in [1.29, 1.82) is 0 Å². The van der Waals surface area contributed by atoms with E-state index in [0.717, 1.165) is 5.69 Å². The molecule has 1 saturated heterocycles. The van der Waals surface area contributed by atoms with Crippen molar-refractivity contribution in [1.82, 2.24) is 5.32 Å². The highest BCUT2D eigenvalue weighted by Gasteiger charge is 2.19. The molecule has 134 valence electrons. The molecule has 1 aliphatic heterocycles. The van der Waals surface area contributed by atoms with Gasteiger partial charge in [-0.2, -0.15) is 0 Å². The molecule has 0 aliphatic carbocycles. The summed E-state index contributed by atoms with van der Waals surface area (Å²) in [6.45, 7) is 1.46. The lowest BCUT2D eigenvalue weighted by Gasteiger charge is -2.29. The van der Waals surface area contributed by atoms with Crippen molar-refractivity contribution >= 4 is 40.7 Å². The monoisotopic (exact) mass is 372 g/mol.